The fraction of sp³-hybridized carbons (Fsp3) is 0.143. The Morgan fingerprint density at radius 1 is 1.35 bits per heavy atom. The molecule has 6 heteroatoms. The maximum absolute atomic E-state index is 12.0. The van der Waals surface area contributed by atoms with Crippen molar-refractivity contribution in [2.45, 2.75) is 6.54 Å². The summed E-state index contributed by atoms with van der Waals surface area (Å²) >= 11 is 0. The molecule has 4 N–H and O–H groups in total. The molecule has 0 radical (unpaired) electrons. The molecule has 1 aromatic heterocycles. The number of pyridine rings is 1. The Balaban J connectivity index is 2.00. The van der Waals surface area contributed by atoms with Crippen molar-refractivity contribution in [3.63, 3.8) is 0 Å². The minimum absolute atomic E-state index is 0.188. The van der Waals surface area contributed by atoms with E-state index in [-0.39, 0.29) is 5.91 Å². The van der Waals surface area contributed by atoms with Gasteiger partial charge in [0.05, 0.1) is 7.11 Å². The number of benzene rings is 1. The summed E-state index contributed by atoms with van der Waals surface area (Å²) in [7, 11) is 1.61. The highest BCUT2D eigenvalue weighted by atomic mass is 16.5. The minimum atomic E-state index is -0.188. The lowest BCUT2D eigenvalue weighted by molar-refractivity contribution is 0.0951. The normalized spacial score (nSPS) is 9.90. The summed E-state index contributed by atoms with van der Waals surface area (Å²) in [5.74, 6) is 6.27. The first kappa shape index (κ1) is 13.8. The Labute approximate surface area is 116 Å². The van der Waals surface area contributed by atoms with Gasteiger partial charge in [-0.3, -0.25) is 4.79 Å². The van der Waals surface area contributed by atoms with Crippen molar-refractivity contribution < 1.29 is 9.53 Å². The van der Waals surface area contributed by atoms with Gasteiger partial charge in [0.1, 0.15) is 11.6 Å². The molecule has 0 aliphatic heterocycles. The van der Waals surface area contributed by atoms with E-state index >= 15 is 0 Å². The Bertz CT molecular complexity index is 601. The van der Waals surface area contributed by atoms with Crippen molar-refractivity contribution in [1.82, 2.24) is 10.3 Å². The maximum atomic E-state index is 12.0. The first-order chi connectivity index (χ1) is 9.72. The molecule has 0 spiro atoms. The third kappa shape index (κ3) is 3.46. The number of nitrogens with two attached hydrogens (primary N) is 1. The number of hydrogen-bond donors (Lipinski definition) is 3. The average molecular weight is 272 g/mol. The second-order valence-corrected chi connectivity index (χ2v) is 4.11. The number of aromatic nitrogens is 1. The monoisotopic (exact) mass is 272 g/mol. The summed E-state index contributed by atoms with van der Waals surface area (Å²) in [6.07, 6.45) is 1.52. The van der Waals surface area contributed by atoms with Crippen LogP contribution in [0.1, 0.15) is 15.9 Å². The van der Waals surface area contributed by atoms with Crippen molar-refractivity contribution in [2.75, 3.05) is 12.5 Å². The van der Waals surface area contributed by atoms with Crippen LogP contribution in [0.15, 0.2) is 42.6 Å². The number of ether oxygens (including phenoxy) is 1. The predicted octanol–water partition coefficient (Wildman–Crippen LogP) is 1.31. The molecule has 0 aliphatic rings. The summed E-state index contributed by atoms with van der Waals surface area (Å²) < 4.78 is 5.13. The molecule has 0 saturated heterocycles. The molecule has 0 aliphatic carbocycles. The van der Waals surface area contributed by atoms with E-state index in [1.54, 1.807) is 19.2 Å². The van der Waals surface area contributed by atoms with E-state index in [0.717, 1.165) is 11.3 Å². The van der Waals surface area contributed by atoms with Crippen molar-refractivity contribution in [2.24, 2.45) is 5.84 Å². The number of methoxy groups -OCH3 is 1. The van der Waals surface area contributed by atoms with Crippen LogP contribution < -0.4 is 21.3 Å². The highest BCUT2D eigenvalue weighted by Gasteiger charge is 2.06. The van der Waals surface area contributed by atoms with E-state index in [2.05, 4.69) is 15.7 Å². The zero-order chi connectivity index (χ0) is 14.4. The topological polar surface area (TPSA) is 89.3 Å². The highest BCUT2D eigenvalue weighted by molar-refractivity contribution is 5.94. The number of nitrogens with one attached hydrogen (secondary N) is 2. The summed E-state index contributed by atoms with van der Waals surface area (Å²) in [6.45, 7) is 0.420. The van der Waals surface area contributed by atoms with Gasteiger partial charge in [-0.1, -0.05) is 12.1 Å². The molecule has 1 amide bonds. The van der Waals surface area contributed by atoms with Gasteiger partial charge in [-0.05, 0) is 29.8 Å². The second-order valence-electron chi connectivity index (χ2n) is 4.11. The number of carbonyl (C=O) groups excluding carboxylic acids is 1. The first-order valence-electron chi connectivity index (χ1n) is 6.06. The first-order valence-corrected chi connectivity index (χ1v) is 6.06. The van der Waals surface area contributed by atoms with Crippen molar-refractivity contribution in [3.8, 4) is 5.75 Å². The fourth-order valence-corrected chi connectivity index (χ4v) is 1.72. The van der Waals surface area contributed by atoms with Gasteiger partial charge in [0, 0.05) is 18.3 Å². The average Bonchev–Trinajstić information content (AvgIpc) is 2.52. The highest BCUT2D eigenvalue weighted by Crippen LogP contribution is 2.12. The van der Waals surface area contributed by atoms with E-state index in [0.29, 0.717) is 17.9 Å². The van der Waals surface area contributed by atoms with E-state index in [4.69, 9.17) is 10.6 Å². The second kappa shape index (κ2) is 6.53. The van der Waals surface area contributed by atoms with Gasteiger partial charge in [-0.25, -0.2) is 10.8 Å². The molecule has 2 rings (SSSR count). The van der Waals surface area contributed by atoms with Crippen LogP contribution in [0.4, 0.5) is 5.82 Å². The van der Waals surface area contributed by atoms with Crippen LogP contribution in [-0.4, -0.2) is 18.0 Å². The number of nitrogen functional groups attached to an aromatic ring is 1. The molecule has 0 fully saturated rings. The van der Waals surface area contributed by atoms with Gasteiger partial charge in [-0.15, -0.1) is 0 Å². The molecule has 0 atom stereocenters. The van der Waals surface area contributed by atoms with Crippen LogP contribution in [0.5, 0.6) is 5.75 Å². The molecule has 2 aromatic rings. The zero-order valence-corrected chi connectivity index (χ0v) is 11.1. The number of amides is 1. The number of hydrazine groups is 1. The van der Waals surface area contributed by atoms with Gasteiger partial charge in [0.25, 0.3) is 5.91 Å². The molecular weight excluding hydrogens is 256 g/mol. The number of nitrogens with zero attached hydrogens (tertiary/aromatic N) is 1. The van der Waals surface area contributed by atoms with E-state index < -0.39 is 0 Å². The summed E-state index contributed by atoms with van der Waals surface area (Å²) in [5.41, 5.74) is 3.86. The maximum Gasteiger partial charge on any atom is 0.251 e. The number of hydrogen-bond acceptors (Lipinski definition) is 5. The molecule has 6 nitrogen and oxygen atoms in total. The van der Waals surface area contributed by atoms with Crippen LogP contribution in [0.3, 0.4) is 0 Å². The fourth-order valence-electron chi connectivity index (χ4n) is 1.72. The summed E-state index contributed by atoms with van der Waals surface area (Å²) in [6, 6.07) is 10.7. The smallest absolute Gasteiger partial charge is 0.251 e. The standard InChI is InChI=1S/C14H16N4O2/c1-20-12-4-2-3-10(7-12)9-17-14(19)11-5-6-16-13(8-11)18-15/h2-8H,9,15H2,1H3,(H,16,18)(H,17,19). The molecular formula is C14H16N4O2. The summed E-state index contributed by atoms with van der Waals surface area (Å²) in [4.78, 5) is 16.0. The van der Waals surface area contributed by atoms with E-state index in [1.807, 2.05) is 24.3 Å². The van der Waals surface area contributed by atoms with Crippen LogP contribution in [0.25, 0.3) is 0 Å². The SMILES string of the molecule is COc1cccc(CNC(=O)c2ccnc(NN)c2)c1. The molecule has 104 valence electrons. The third-order valence-corrected chi connectivity index (χ3v) is 2.76. The van der Waals surface area contributed by atoms with Gasteiger partial charge >= 0.3 is 0 Å². The van der Waals surface area contributed by atoms with E-state index in [1.165, 1.54) is 6.20 Å². The molecule has 0 saturated carbocycles. The lowest BCUT2D eigenvalue weighted by Gasteiger charge is -2.07. The molecule has 20 heavy (non-hydrogen) atoms. The van der Waals surface area contributed by atoms with Crippen LogP contribution in [0, 0.1) is 0 Å². The van der Waals surface area contributed by atoms with Crippen molar-refractivity contribution in [3.05, 3.63) is 53.7 Å². The van der Waals surface area contributed by atoms with Crippen LogP contribution >= 0.6 is 0 Å². The number of rotatable bonds is 5. The number of carbonyl (C=O) groups is 1. The molecule has 0 bridgehead atoms. The number of anilines is 1. The van der Waals surface area contributed by atoms with E-state index in [9.17, 15) is 4.79 Å². The minimum Gasteiger partial charge on any atom is -0.497 e. The quantitative estimate of drug-likeness (QED) is 0.564. The lowest BCUT2D eigenvalue weighted by Crippen LogP contribution is -2.23. The zero-order valence-electron chi connectivity index (χ0n) is 11.1. The summed E-state index contributed by atoms with van der Waals surface area (Å²) in [5, 5.41) is 2.83. The van der Waals surface area contributed by atoms with Crippen molar-refractivity contribution >= 4 is 11.7 Å². The van der Waals surface area contributed by atoms with Crippen LogP contribution in [0.2, 0.25) is 0 Å². The largest absolute Gasteiger partial charge is 0.497 e. The lowest BCUT2D eigenvalue weighted by atomic mass is 10.2. The third-order valence-electron chi connectivity index (χ3n) is 2.76. The van der Waals surface area contributed by atoms with Crippen molar-refractivity contribution in [1.29, 1.82) is 0 Å². The van der Waals surface area contributed by atoms with Gasteiger partial charge in [-0.2, -0.15) is 0 Å². The Morgan fingerprint density at radius 3 is 2.95 bits per heavy atom. The Kier molecular flexibility index (Phi) is 4.52. The van der Waals surface area contributed by atoms with Gasteiger partial charge in [0.15, 0.2) is 0 Å². The molecule has 1 heterocycles. The Morgan fingerprint density at radius 2 is 2.20 bits per heavy atom. The van der Waals surface area contributed by atoms with Crippen LogP contribution in [-0.2, 0) is 6.54 Å². The van der Waals surface area contributed by atoms with Gasteiger partial charge < -0.3 is 15.5 Å². The Hall–Kier alpha value is -2.60. The molecule has 1 aromatic carbocycles. The predicted molar refractivity (Wildman–Crippen MR) is 76.2 cm³/mol. The van der Waals surface area contributed by atoms with Gasteiger partial charge in [0.2, 0.25) is 0 Å². The molecule has 0 unspecified atom stereocenters.